The Balaban J connectivity index is 1.22. The molecule has 1 N–H and O–H groups in total. The molecule has 6 nitrogen and oxygen atoms in total. The topological polar surface area (TPSA) is 48.1 Å². The van der Waals surface area contributed by atoms with E-state index in [9.17, 15) is 18.0 Å². The van der Waals surface area contributed by atoms with Crippen LogP contribution in [0.5, 0.6) is 0 Å². The summed E-state index contributed by atoms with van der Waals surface area (Å²) in [5.41, 5.74) is 1.29. The van der Waals surface area contributed by atoms with Crippen molar-refractivity contribution >= 4 is 17.4 Å². The van der Waals surface area contributed by atoms with E-state index in [-0.39, 0.29) is 23.8 Å². The summed E-state index contributed by atoms with van der Waals surface area (Å²) in [6.07, 6.45) is 1.50. The van der Waals surface area contributed by atoms with Gasteiger partial charge in [-0.1, -0.05) is 25.0 Å². The Bertz CT molecular complexity index is 1120. The summed E-state index contributed by atoms with van der Waals surface area (Å²) >= 11 is 0. The van der Waals surface area contributed by atoms with Crippen molar-refractivity contribution in [2.75, 3.05) is 55.7 Å². The van der Waals surface area contributed by atoms with Gasteiger partial charge in [0.25, 0.3) is 0 Å². The number of piperidine rings is 1. The van der Waals surface area contributed by atoms with E-state index in [1.54, 1.807) is 23.1 Å². The van der Waals surface area contributed by atoms with Gasteiger partial charge in [-0.2, -0.15) is 13.2 Å². The van der Waals surface area contributed by atoms with E-state index in [1.165, 1.54) is 6.07 Å². The molecule has 5 rings (SSSR count). The molecule has 10 heteroatoms. The highest BCUT2D eigenvalue weighted by Gasteiger charge is 2.31. The maximum atomic E-state index is 15.3. The Labute approximate surface area is 233 Å². The van der Waals surface area contributed by atoms with E-state index in [0.29, 0.717) is 50.8 Å². The molecule has 0 radical (unpaired) electrons. The zero-order valence-corrected chi connectivity index (χ0v) is 22.8. The molecule has 0 spiro atoms. The lowest BCUT2D eigenvalue weighted by molar-refractivity contribution is -0.137. The van der Waals surface area contributed by atoms with Crippen molar-refractivity contribution in [1.29, 1.82) is 0 Å². The van der Waals surface area contributed by atoms with Crippen LogP contribution in [0.1, 0.15) is 49.7 Å². The molecule has 0 unspecified atom stereocenters. The van der Waals surface area contributed by atoms with Crippen molar-refractivity contribution in [3.63, 3.8) is 0 Å². The second-order valence-electron chi connectivity index (χ2n) is 11.2. The van der Waals surface area contributed by atoms with Crippen LogP contribution >= 0.6 is 0 Å². The number of hydrogen-bond donors (Lipinski definition) is 1. The fraction of sp³-hybridized carbons (Fsp3) is 0.567. The Morgan fingerprint density at radius 2 is 1.62 bits per heavy atom. The van der Waals surface area contributed by atoms with Gasteiger partial charge in [-0.3, -0.25) is 9.80 Å². The number of morpholine rings is 1. The molecular formula is C30H38F4N4O2. The number of anilines is 2. The Morgan fingerprint density at radius 3 is 2.25 bits per heavy atom. The third-order valence-corrected chi connectivity index (χ3v) is 8.36. The number of carbonyl (C=O) groups excluding carboxylic acids is 1. The minimum absolute atomic E-state index is 0.151. The van der Waals surface area contributed by atoms with Crippen LogP contribution in [0.2, 0.25) is 0 Å². The monoisotopic (exact) mass is 562 g/mol. The highest BCUT2D eigenvalue weighted by atomic mass is 19.4. The van der Waals surface area contributed by atoms with Gasteiger partial charge in [0.1, 0.15) is 5.82 Å². The summed E-state index contributed by atoms with van der Waals surface area (Å²) in [5.74, 6) is -0.107. The minimum Gasteiger partial charge on any atom is -0.378 e. The molecule has 2 aliphatic heterocycles. The molecule has 3 aliphatic rings. The predicted octanol–water partition coefficient (Wildman–Crippen LogP) is 6.05. The molecule has 2 saturated heterocycles. The zero-order valence-electron chi connectivity index (χ0n) is 22.8. The Hall–Kier alpha value is -2.85. The highest BCUT2D eigenvalue weighted by Crippen LogP contribution is 2.31. The molecule has 0 aromatic heterocycles. The molecule has 2 aromatic rings. The lowest BCUT2D eigenvalue weighted by Gasteiger charge is -2.35. The molecule has 40 heavy (non-hydrogen) atoms. The molecule has 1 saturated carbocycles. The van der Waals surface area contributed by atoms with Crippen LogP contribution in [-0.4, -0.2) is 62.9 Å². The van der Waals surface area contributed by atoms with Crippen LogP contribution in [0.15, 0.2) is 42.5 Å². The van der Waals surface area contributed by atoms with Crippen LogP contribution in [-0.2, 0) is 17.5 Å². The first-order chi connectivity index (χ1) is 19.3. The normalized spacial score (nSPS) is 19.6. The maximum Gasteiger partial charge on any atom is 0.416 e. The largest absolute Gasteiger partial charge is 0.416 e. The second-order valence-corrected chi connectivity index (χ2v) is 11.2. The van der Waals surface area contributed by atoms with E-state index >= 15 is 4.39 Å². The standard InChI is InChI=1S/C30H38F4N4O2/c31-27-19-26(9-10-28(27)37-15-17-40-18-16-37)38(29(39)35-25-3-1-2-4-25)21-23-11-13-36(14-12-23)20-22-5-7-24(8-6-22)30(32,33)34/h5-10,19,23,25H,1-4,11-18,20-21H2,(H,35,39). The number of halogens is 4. The summed E-state index contributed by atoms with van der Waals surface area (Å²) < 4.78 is 59.3. The second kappa shape index (κ2) is 12.8. The number of carbonyl (C=O) groups is 1. The number of benzene rings is 2. The lowest BCUT2D eigenvalue weighted by Crippen LogP contribution is -2.47. The number of ether oxygens (including phenoxy) is 1. The van der Waals surface area contributed by atoms with E-state index in [1.807, 2.05) is 11.0 Å². The third kappa shape index (κ3) is 7.26. The smallest absolute Gasteiger partial charge is 0.378 e. The molecule has 2 aromatic carbocycles. The first-order valence-electron chi connectivity index (χ1n) is 14.3. The molecule has 0 atom stereocenters. The van der Waals surface area contributed by atoms with Gasteiger partial charge in [-0.15, -0.1) is 0 Å². The molecule has 1 aliphatic carbocycles. The minimum atomic E-state index is -4.33. The van der Waals surface area contributed by atoms with E-state index in [4.69, 9.17) is 4.74 Å². The van der Waals surface area contributed by atoms with Gasteiger partial charge in [-0.05, 0) is 80.6 Å². The Morgan fingerprint density at radius 1 is 0.950 bits per heavy atom. The van der Waals surface area contributed by atoms with Crippen molar-refractivity contribution in [1.82, 2.24) is 10.2 Å². The first-order valence-corrected chi connectivity index (χ1v) is 14.3. The van der Waals surface area contributed by atoms with Crippen molar-refractivity contribution < 1.29 is 27.1 Å². The summed E-state index contributed by atoms with van der Waals surface area (Å²) in [5, 5.41) is 3.17. The molecule has 2 heterocycles. The molecule has 3 fully saturated rings. The van der Waals surface area contributed by atoms with Gasteiger partial charge in [0.15, 0.2) is 0 Å². The zero-order chi connectivity index (χ0) is 28.1. The average molecular weight is 563 g/mol. The van der Waals surface area contributed by atoms with E-state index in [2.05, 4.69) is 10.2 Å². The summed E-state index contributed by atoms with van der Waals surface area (Å²) in [7, 11) is 0. The number of nitrogens with one attached hydrogen (secondary N) is 1. The number of rotatable bonds is 7. The van der Waals surface area contributed by atoms with Crippen LogP contribution < -0.4 is 15.1 Å². The predicted molar refractivity (Wildman–Crippen MR) is 147 cm³/mol. The molecule has 218 valence electrons. The van der Waals surface area contributed by atoms with Crippen LogP contribution in [0.4, 0.5) is 33.7 Å². The van der Waals surface area contributed by atoms with Crippen LogP contribution in [0.3, 0.4) is 0 Å². The number of hydrogen-bond acceptors (Lipinski definition) is 4. The average Bonchev–Trinajstić information content (AvgIpc) is 3.46. The summed E-state index contributed by atoms with van der Waals surface area (Å²) in [4.78, 5) is 19.3. The SMILES string of the molecule is O=C(NC1CCCC1)N(CC1CCN(Cc2ccc(C(F)(F)F)cc2)CC1)c1ccc(N2CCOCC2)c(F)c1. The third-order valence-electron chi connectivity index (χ3n) is 8.36. The number of nitrogens with zero attached hydrogens (tertiary/aromatic N) is 3. The highest BCUT2D eigenvalue weighted by molar-refractivity contribution is 5.92. The van der Waals surface area contributed by atoms with Crippen molar-refractivity contribution in [3.8, 4) is 0 Å². The van der Waals surface area contributed by atoms with Crippen molar-refractivity contribution in [3.05, 3.63) is 59.4 Å². The van der Waals surface area contributed by atoms with Gasteiger partial charge < -0.3 is 15.0 Å². The first kappa shape index (κ1) is 28.7. The lowest BCUT2D eigenvalue weighted by atomic mass is 9.95. The van der Waals surface area contributed by atoms with Gasteiger partial charge in [-0.25, -0.2) is 9.18 Å². The van der Waals surface area contributed by atoms with E-state index < -0.39 is 11.7 Å². The number of likely N-dealkylation sites (tertiary alicyclic amines) is 1. The van der Waals surface area contributed by atoms with Crippen LogP contribution in [0.25, 0.3) is 0 Å². The molecular weight excluding hydrogens is 524 g/mol. The summed E-state index contributed by atoms with van der Waals surface area (Å²) in [6, 6.07) is 10.4. The summed E-state index contributed by atoms with van der Waals surface area (Å²) in [6.45, 7) is 5.04. The van der Waals surface area contributed by atoms with Crippen LogP contribution in [0, 0.1) is 11.7 Å². The maximum absolute atomic E-state index is 15.3. The number of alkyl halides is 3. The van der Waals surface area contributed by atoms with Gasteiger partial charge in [0.05, 0.1) is 24.5 Å². The van der Waals surface area contributed by atoms with E-state index in [0.717, 1.165) is 69.3 Å². The van der Waals surface area contributed by atoms with Crippen molar-refractivity contribution in [2.45, 2.75) is 57.3 Å². The molecule has 2 amide bonds. The van der Waals surface area contributed by atoms with Gasteiger partial charge >= 0.3 is 12.2 Å². The number of urea groups is 1. The fourth-order valence-corrected chi connectivity index (χ4v) is 6.00. The van der Waals surface area contributed by atoms with Gasteiger partial charge in [0.2, 0.25) is 0 Å². The molecule has 0 bridgehead atoms. The fourth-order valence-electron chi connectivity index (χ4n) is 6.00. The number of amides is 2. The van der Waals surface area contributed by atoms with Gasteiger partial charge in [0, 0.05) is 37.9 Å². The Kier molecular flexibility index (Phi) is 9.15. The van der Waals surface area contributed by atoms with Crippen molar-refractivity contribution in [2.24, 2.45) is 5.92 Å². The quantitative estimate of drug-likeness (QED) is 0.418.